The van der Waals surface area contributed by atoms with Gasteiger partial charge in [-0.1, -0.05) is 13.8 Å². The van der Waals surface area contributed by atoms with Crippen molar-refractivity contribution in [2.75, 3.05) is 0 Å². The smallest absolute Gasteiger partial charge is 0.302 e. The van der Waals surface area contributed by atoms with Gasteiger partial charge >= 0.3 is 6.03 Å². The number of carbonyl (C=O) groups excluding carboxylic acids is 2. The molecule has 1 aromatic rings. The van der Waals surface area contributed by atoms with Gasteiger partial charge in [-0.05, 0) is 18.9 Å². The number of rotatable bonds is 4. The van der Waals surface area contributed by atoms with Crippen LogP contribution >= 0.6 is 0 Å². The Balaban J connectivity index is 2.29. The molecule has 6 heteroatoms. The highest BCUT2D eigenvalue weighted by Gasteiger charge is 2.50. The summed E-state index contributed by atoms with van der Waals surface area (Å²) in [6, 6.07) is 1.35. The molecule has 0 saturated carbocycles. The lowest BCUT2D eigenvalue weighted by Crippen LogP contribution is -2.48. The minimum atomic E-state index is -0.768. The number of carbonyl (C=O) groups is 2. The molecular formula is C12H16N4O2. The fourth-order valence-electron chi connectivity index (χ4n) is 2.33. The van der Waals surface area contributed by atoms with Crippen molar-refractivity contribution in [2.45, 2.75) is 38.8 Å². The minimum absolute atomic E-state index is 0.228. The number of hydrogen-bond acceptors (Lipinski definition) is 4. The highest BCUT2D eigenvalue weighted by atomic mass is 16.2. The van der Waals surface area contributed by atoms with Crippen LogP contribution in [0.3, 0.4) is 0 Å². The van der Waals surface area contributed by atoms with Crippen LogP contribution in [-0.4, -0.2) is 32.3 Å². The first kappa shape index (κ1) is 12.5. The van der Waals surface area contributed by atoms with Crippen LogP contribution in [0.15, 0.2) is 18.5 Å². The van der Waals surface area contributed by atoms with Gasteiger partial charge in [-0.15, -0.1) is 0 Å². The van der Waals surface area contributed by atoms with Crippen LogP contribution in [0, 0.1) is 0 Å². The molecule has 1 fully saturated rings. The number of imide groups is 1. The van der Waals surface area contributed by atoms with E-state index in [9.17, 15) is 9.59 Å². The van der Waals surface area contributed by atoms with E-state index in [2.05, 4.69) is 15.3 Å². The zero-order valence-corrected chi connectivity index (χ0v) is 10.5. The van der Waals surface area contributed by atoms with Crippen LogP contribution in [0.4, 0.5) is 4.79 Å². The van der Waals surface area contributed by atoms with E-state index in [-0.39, 0.29) is 18.5 Å². The van der Waals surface area contributed by atoms with Gasteiger partial charge in [0, 0.05) is 12.4 Å². The van der Waals surface area contributed by atoms with Crippen molar-refractivity contribution >= 4 is 11.9 Å². The second kappa shape index (κ2) is 4.72. The standard InChI is InChI=1S/C12H16N4O2/c1-3-12(4-2)10(17)15-11(18)16(12)8-9-13-6-5-7-14-9/h5-7H,3-4,8H2,1-2H3,(H,15,17,18). The summed E-state index contributed by atoms with van der Waals surface area (Å²) < 4.78 is 0. The average molecular weight is 248 g/mol. The number of urea groups is 1. The second-order valence-electron chi connectivity index (χ2n) is 4.25. The van der Waals surface area contributed by atoms with E-state index in [1.165, 1.54) is 4.90 Å². The van der Waals surface area contributed by atoms with E-state index in [0.29, 0.717) is 18.7 Å². The molecule has 1 N–H and O–H groups in total. The zero-order valence-electron chi connectivity index (χ0n) is 10.5. The van der Waals surface area contributed by atoms with E-state index in [1.807, 2.05) is 13.8 Å². The molecule has 2 heterocycles. The molecule has 0 unspecified atom stereocenters. The van der Waals surface area contributed by atoms with Gasteiger partial charge in [-0.25, -0.2) is 14.8 Å². The first-order valence-corrected chi connectivity index (χ1v) is 6.03. The second-order valence-corrected chi connectivity index (χ2v) is 4.25. The summed E-state index contributed by atoms with van der Waals surface area (Å²) in [5, 5.41) is 2.37. The Bertz CT molecular complexity index is 456. The van der Waals surface area contributed by atoms with Gasteiger partial charge in [-0.3, -0.25) is 10.1 Å². The Morgan fingerprint density at radius 2 is 1.83 bits per heavy atom. The number of hydrogen-bond donors (Lipinski definition) is 1. The summed E-state index contributed by atoms with van der Waals surface area (Å²) in [7, 11) is 0. The number of amides is 3. The van der Waals surface area contributed by atoms with Gasteiger partial charge < -0.3 is 4.90 Å². The number of nitrogens with one attached hydrogen (secondary N) is 1. The van der Waals surface area contributed by atoms with Crippen LogP contribution in [-0.2, 0) is 11.3 Å². The molecule has 0 radical (unpaired) electrons. The zero-order chi connectivity index (χ0) is 13.2. The van der Waals surface area contributed by atoms with E-state index >= 15 is 0 Å². The highest BCUT2D eigenvalue weighted by Crippen LogP contribution is 2.30. The van der Waals surface area contributed by atoms with Crippen LogP contribution < -0.4 is 5.32 Å². The number of nitrogens with zero attached hydrogens (tertiary/aromatic N) is 3. The van der Waals surface area contributed by atoms with Gasteiger partial charge in [0.05, 0.1) is 6.54 Å². The van der Waals surface area contributed by atoms with Crippen LogP contribution in [0.1, 0.15) is 32.5 Å². The summed E-state index contributed by atoms with van der Waals surface area (Å²) in [6.45, 7) is 4.06. The molecule has 0 aliphatic carbocycles. The lowest BCUT2D eigenvalue weighted by molar-refractivity contribution is -0.127. The van der Waals surface area contributed by atoms with Gasteiger partial charge in [0.25, 0.3) is 5.91 Å². The Morgan fingerprint density at radius 1 is 1.22 bits per heavy atom. The molecule has 0 bridgehead atoms. The molecule has 1 aromatic heterocycles. The molecule has 3 amide bonds. The highest BCUT2D eigenvalue weighted by molar-refractivity contribution is 6.06. The Hall–Kier alpha value is -1.98. The van der Waals surface area contributed by atoms with Crippen molar-refractivity contribution in [3.05, 3.63) is 24.3 Å². The minimum Gasteiger partial charge on any atom is -0.302 e. The summed E-state index contributed by atoms with van der Waals surface area (Å²) in [6.07, 6.45) is 4.40. The van der Waals surface area contributed by atoms with Crippen LogP contribution in [0.5, 0.6) is 0 Å². The molecule has 18 heavy (non-hydrogen) atoms. The summed E-state index contributed by atoms with van der Waals surface area (Å²) in [5.41, 5.74) is -0.768. The third-order valence-corrected chi connectivity index (χ3v) is 3.49. The molecular weight excluding hydrogens is 232 g/mol. The van der Waals surface area contributed by atoms with E-state index in [1.54, 1.807) is 18.5 Å². The topological polar surface area (TPSA) is 75.2 Å². The van der Waals surface area contributed by atoms with Crippen molar-refractivity contribution < 1.29 is 9.59 Å². The Labute approximate surface area is 105 Å². The quantitative estimate of drug-likeness (QED) is 0.809. The molecule has 6 nitrogen and oxygen atoms in total. The predicted octanol–water partition coefficient (Wildman–Crippen LogP) is 1.09. The molecule has 0 aromatic carbocycles. The van der Waals surface area contributed by atoms with E-state index < -0.39 is 5.54 Å². The summed E-state index contributed by atoms with van der Waals surface area (Å²) in [5.74, 6) is 0.307. The lowest BCUT2D eigenvalue weighted by Gasteiger charge is -2.32. The van der Waals surface area contributed by atoms with Gasteiger partial charge in [0.1, 0.15) is 11.4 Å². The lowest BCUT2D eigenvalue weighted by atomic mass is 9.91. The maximum absolute atomic E-state index is 12.0. The summed E-state index contributed by atoms with van der Waals surface area (Å²) in [4.78, 5) is 33.5. The maximum atomic E-state index is 12.0. The van der Waals surface area contributed by atoms with Crippen molar-refractivity contribution in [3.8, 4) is 0 Å². The van der Waals surface area contributed by atoms with Crippen molar-refractivity contribution in [1.29, 1.82) is 0 Å². The first-order valence-electron chi connectivity index (χ1n) is 6.03. The Kier molecular flexibility index (Phi) is 3.27. The van der Waals surface area contributed by atoms with Gasteiger partial charge in [0.2, 0.25) is 0 Å². The van der Waals surface area contributed by atoms with Crippen molar-refractivity contribution in [1.82, 2.24) is 20.2 Å². The Morgan fingerprint density at radius 3 is 2.39 bits per heavy atom. The normalized spacial score (nSPS) is 18.0. The summed E-state index contributed by atoms with van der Waals surface area (Å²) >= 11 is 0. The molecule has 0 spiro atoms. The maximum Gasteiger partial charge on any atom is 0.325 e. The largest absolute Gasteiger partial charge is 0.325 e. The van der Waals surface area contributed by atoms with E-state index in [0.717, 1.165) is 0 Å². The molecule has 96 valence electrons. The third-order valence-electron chi connectivity index (χ3n) is 3.49. The average Bonchev–Trinajstić information content (AvgIpc) is 2.63. The molecule has 1 aliphatic rings. The first-order chi connectivity index (χ1) is 8.64. The fourth-order valence-corrected chi connectivity index (χ4v) is 2.33. The SMILES string of the molecule is CCC1(CC)C(=O)NC(=O)N1Cc1ncccn1. The number of aromatic nitrogens is 2. The van der Waals surface area contributed by atoms with Gasteiger partial charge in [0.15, 0.2) is 0 Å². The predicted molar refractivity (Wildman–Crippen MR) is 64.4 cm³/mol. The molecule has 2 rings (SSSR count). The third kappa shape index (κ3) is 1.83. The van der Waals surface area contributed by atoms with E-state index in [4.69, 9.17) is 0 Å². The fraction of sp³-hybridized carbons (Fsp3) is 0.500. The van der Waals surface area contributed by atoms with Crippen LogP contribution in [0.2, 0.25) is 0 Å². The van der Waals surface area contributed by atoms with Crippen LogP contribution in [0.25, 0.3) is 0 Å². The molecule has 0 atom stereocenters. The van der Waals surface area contributed by atoms with Crippen molar-refractivity contribution in [2.24, 2.45) is 0 Å². The van der Waals surface area contributed by atoms with Crippen molar-refractivity contribution in [3.63, 3.8) is 0 Å². The van der Waals surface area contributed by atoms with Gasteiger partial charge in [-0.2, -0.15) is 0 Å². The monoisotopic (exact) mass is 248 g/mol. The molecule has 1 aliphatic heterocycles. The molecule has 1 saturated heterocycles.